The summed E-state index contributed by atoms with van der Waals surface area (Å²) in [4.78, 5) is 16.4. The fraction of sp³-hybridized carbons (Fsp3) is 0.400. The highest BCUT2D eigenvalue weighted by Crippen LogP contribution is 2.25. The number of nitrogens with one attached hydrogen (secondary N) is 1. The van der Waals surface area contributed by atoms with Crippen LogP contribution in [0.25, 0.3) is 0 Å². The normalized spacial score (nSPS) is 10.5. The van der Waals surface area contributed by atoms with Crippen LogP contribution < -0.4 is 10.1 Å². The van der Waals surface area contributed by atoms with Crippen molar-refractivity contribution in [1.29, 1.82) is 0 Å². The molecule has 0 atom stereocenters. The van der Waals surface area contributed by atoms with E-state index in [0.717, 1.165) is 28.9 Å². The maximum atomic E-state index is 12.3. The number of aromatic nitrogens is 1. The molecule has 0 unspecified atom stereocenters. The average molecular weight is 342 g/mol. The topological polar surface area (TPSA) is 60.5 Å². The van der Waals surface area contributed by atoms with Crippen molar-refractivity contribution in [3.63, 3.8) is 0 Å². The van der Waals surface area contributed by atoms with Gasteiger partial charge in [0.2, 0.25) is 0 Å². The number of aryl methyl sites for hydroxylation is 2. The lowest BCUT2D eigenvalue weighted by Gasteiger charge is -2.14. The molecule has 5 nitrogen and oxygen atoms in total. The third-order valence-electron chi connectivity index (χ3n) is 3.78. The third kappa shape index (κ3) is 5.87. The van der Waals surface area contributed by atoms with Crippen LogP contribution >= 0.6 is 0 Å². The maximum Gasteiger partial charge on any atom is 0.251 e. The minimum atomic E-state index is -0.0680. The molecule has 1 aromatic carbocycles. The first-order valence-corrected chi connectivity index (χ1v) is 8.60. The molecule has 0 bridgehead atoms. The summed E-state index contributed by atoms with van der Waals surface area (Å²) >= 11 is 0. The molecule has 1 amide bonds. The van der Waals surface area contributed by atoms with E-state index in [4.69, 9.17) is 9.47 Å². The highest BCUT2D eigenvalue weighted by Gasteiger charge is 2.11. The van der Waals surface area contributed by atoms with E-state index in [-0.39, 0.29) is 5.91 Å². The number of hydrogen-bond acceptors (Lipinski definition) is 4. The van der Waals surface area contributed by atoms with Gasteiger partial charge in [0.25, 0.3) is 5.91 Å². The molecule has 0 aliphatic carbocycles. The van der Waals surface area contributed by atoms with Crippen LogP contribution in [0.4, 0.5) is 0 Å². The molecule has 0 spiro atoms. The zero-order chi connectivity index (χ0) is 18.1. The first-order chi connectivity index (χ1) is 12.1. The number of nitrogens with zero attached hydrogens (tertiary/aromatic N) is 1. The first kappa shape index (κ1) is 18.9. The molecule has 1 heterocycles. The number of carbonyl (C=O) groups excluding carboxylic acids is 1. The van der Waals surface area contributed by atoms with Gasteiger partial charge in [-0.1, -0.05) is 6.07 Å². The quantitative estimate of drug-likeness (QED) is 0.709. The Morgan fingerprint density at radius 1 is 1.24 bits per heavy atom. The monoisotopic (exact) mass is 342 g/mol. The second-order valence-corrected chi connectivity index (χ2v) is 5.90. The van der Waals surface area contributed by atoms with Gasteiger partial charge in [0.05, 0.1) is 0 Å². The van der Waals surface area contributed by atoms with Crippen molar-refractivity contribution in [2.75, 3.05) is 19.8 Å². The Bertz CT molecular complexity index is 664. The largest absolute Gasteiger partial charge is 0.488 e. The van der Waals surface area contributed by atoms with Crippen molar-refractivity contribution in [2.24, 2.45) is 0 Å². The predicted molar refractivity (Wildman–Crippen MR) is 97.9 cm³/mol. The molecule has 2 rings (SSSR count). The number of hydrogen-bond donors (Lipinski definition) is 1. The van der Waals surface area contributed by atoms with Gasteiger partial charge in [0, 0.05) is 43.3 Å². The molecule has 1 N–H and O–H groups in total. The fourth-order valence-corrected chi connectivity index (χ4v) is 2.57. The van der Waals surface area contributed by atoms with Gasteiger partial charge in [-0.3, -0.25) is 9.78 Å². The molecule has 0 aliphatic heterocycles. The van der Waals surface area contributed by atoms with Crippen LogP contribution in [-0.4, -0.2) is 30.6 Å². The smallest absolute Gasteiger partial charge is 0.251 e. The molecule has 0 saturated heterocycles. The van der Waals surface area contributed by atoms with Crippen molar-refractivity contribution in [1.82, 2.24) is 10.3 Å². The van der Waals surface area contributed by atoms with E-state index in [2.05, 4.69) is 10.3 Å². The van der Waals surface area contributed by atoms with Crippen LogP contribution in [-0.2, 0) is 11.3 Å². The summed E-state index contributed by atoms with van der Waals surface area (Å²) in [6.45, 7) is 8.30. The molecular weight excluding hydrogens is 316 g/mol. The Morgan fingerprint density at radius 2 is 2.00 bits per heavy atom. The van der Waals surface area contributed by atoms with Gasteiger partial charge >= 0.3 is 0 Å². The van der Waals surface area contributed by atoms with Crippen LogP contribution in [0.5, 0.6) is 5.75 Å². The van der Waals surface area contributed by atoms with Crippen LogP contribution in [0.1, 0.15) is 40.4 Å². The minimum Gasteiger partial charge on any atom is -0.488 e. The molecule has 0 saturated carbocycles. The average Bonchev–Trinajstić information content (AvgIpc) is 2.61. The van der Waals surface area contributed by atoms with Gasteiger partial charge in [0.1, 0.15) is 12.4 Å². The highest BCUT2D eigenvalue weighted by molar-refractivity contribution is 5.94. The summed E-state index contributed by atoms with van der Waals surface area (Å²) in [6, 6.07) is 7.59. The Hall–Kier alpha value is -2.40. The van der Waals surface area contributed by atoms with E-state index < -0.39 is 0 Å². The van der Waals surface area contributed by atoms with E-state index >= 15 is 0 Å². The Labute approximate surface area is 149 Å². The number of carbonyl (C=O) groups is 1. The van der Waals surface area contributed by atoms with Crippen LogP contribution in [0.3, 0.4) is 0 Å². The molecule has 0 fully saturated rings. The summed E-state index contributed by atoms with van der Waals surface area (Å²) in [5.41, 5.74) is 3.56. The molecule has 0 aliphatic rings. The molecule has 25 heavy (non-hydrogen) atoms. The Morgan fingerprint density at radius 3 is 2.64 bits per heavy atom. The first-order valence-electron chi connectivity index (χ1n) is 8.60. The summed E-state index contributed by atoms with van der Waals surface area (Å²) in [5, 5.41) is 2.92. The van der Waals surface area contributed by atoms with E-state index in [1.54, 1.807) is 12.4 Å². The van der Waals surface area contributed by atoms with Crippen LogP contribution in [0, 0.1) is 13.8 Å². The van der Waals surface area contributed by atoms with Crippen molar-refractivity contribution in [2.45, 2.75) is 33.8 Å². The zero-order valence-corrected chi connectivity index (χ0v) is 15.2. The van der Waals surface area contributed by atoms with E-state index in [1.807, 2.05) is 45.0 Å². The number of benzene rings is 1. The summed E-state index contributed by atoms with van der Waals surface area (Å²) in [5.74, 6) is 0.748. The minimum absolute atomic E-state index is 0.0680. The molecule has 134 valence electrons. The van der Waals surface area contributed by atoms with Crippen molar-refractivity contribution < 1.29 is 14.3 Å². The van der Waals surface area contributed by atoms with Gasteiger partial charge < -0.3 is 14.8 Å². The van der Waals surface area contributed by atoms with Gasteiger partial charge in [-0.15, -0.1) is 0 Å². The van der Waals surface area contributed by atoms with Crippen molar-refractivity contribution in [3.05, 3.63) is 58.9 Å². The lowest BCUT2D eigenvalue weighted by molar-refractivity contribution is 0.0944. The van der Waals surface area contributed by atoms with Gasteiger partial charge in [-0.25, -0.2) is 0 Å². The lowest BCUT2D eigenvalue weighted by atomic mass is 10.0. The van der Waals surface area contributed by atoms with Crippen LogP contribution in [0.2, 0.25) is 0 Å². The summed E-state index contributed by atoms with van der Waals surface area (Å²) < 4.78 is 11.2. The standard InChI is InChI=1S/C20H26N2O3/c1-4-24-10-6-9-22-20(23)18-11-15(2)19(16(3)12-18)25-14-17-7-5-8-21-13-17/h5,7-8,11-13H,4,6,9-10,14H2,1-3H3,(H,22,23). The third-order valence-corrected chi connectivity index (χ3v) is 3.78. The highest BCUT2D eigenvalue weighted by atomic mass is 16.5. The fourth-order valence-electron chi connectivity index (χ4n) is 2.57. The molecular formula is C20H26N2O3. The molecule has 2 aromatic rings. The number of ether oxygens (including phenoxy) is 2. The van der Waals surface area contributed by atoms with Crippen molar-refractivity contribution in [3.8, 4) is 5.75 Å². The molecule has 1 aromatic heterocycles. The second kappa shape index (κ2) is 9.79. The van der Waals surface area contributed by atoms with Crippen LogP contribution in [0.15, 0.2) is 36.7 Å². The zero-order valence-electron chi connectivity index (χ0n) is 15.2. The summed E-state index contributed by atoms with van der Waals surface area (Å²) in [7, 11) is 0. The predicted octanol–water partition coefficient (Wildman–Crippen LogP) is 3.43. The maximum absolute atomic E-state index is 12.3. The second-order valence-electron chi connectivity index (χ2n) is 5.90. The summed E-state index contributed by atoms with van der Waals surface area (Å²) in [6.07, 6.45) is 4.33. The number of rotatable bonds is 9. The Kier molecular flexibility index (Phi) is 7.41. The van der Waals surface area contributed by atoms with E-state index in [0.29, 0.717) is 31.9 Å². The molecule has 5 heteroatoms. The Balaban J connectivity index is 1.95. The van der Waals surface area contributed by atoms with Gasteiger partial charge in [0.15, 0.2) is 0 Å². The number of pyridine rings is 1. The van der Waals surface area contributed by atoms with E-state index in [9.17, 15) is 4.79 Å². The van der Waals surface area contributed by atoms with Crippen molar-refractivity contribution >= 4 is 5.91 Å². The van der Waals surface area contributed by atoms with Gasteiger partial charge in [-0.05, 0) is 56.5 Å². The van der Waals surface area contributed by atoms with E-state index in [1.165, 1.54) is 0 Å². The number of amides is 1. The lowest BCUT2D eigenvalue weighted by Crippen LogP contribution is -2.25. The van der Waals surface area contributed by atoms with Gasteiger partial charge in [-0.2, -0.15) is 0 Å². The SMILES string of the molecule is CCOCCCNC(=O)c1cc(C)c(OCc2cccnc2)c(C)c1. The molecule has 0 radical (unpaired) electrons.